The summed E-state index contributed by atoms with van der Waals surface area (Å²) in [7, 11) is 2.14. The second-order valence-corrected chi connectivity index (χ2v) is 3.48. The largest absolute Gasteiger partial charge is 0.365 e. The second-order valence-electron chi connectivity index (χ2n) is 3.48. The third-order valence-corrected chi connectivity index (χ3v) is 2.31. The number of nitrogens with zero attached hydrogens (tertiary/aromatic N) is 3. The standard InChI is InChI=1S/C9H14N4/c1-13-5-2-8(7-13)12-9-6-10-3-4-11-9/h3-4,6,8H,2,5,7H2,1H3,(H,11,12). The average Bonchev–Trinajstić information content (AvgIpc) is 2.53. The maximum Gasteiger partial charge on any atom is 0.144 e. The Morgan fingerprint density at radius 3 is 3.08 bits per heavy atom. The molecule has 1 atom stereocenters. The fourth-order valence-corrected chi connectivity index (χ4v) is 1.64. The molecule has 0 radical (unpaired) electrons. The number of anilines is 1. The predicted molar refractivity (Wildman–Crippen MR) is 51.6 cm³/mol. The Labute approximate surface area is 78.0 Å². The molecule has 1 saturated heterocycles. The zero-order valence-corrected chi connectivity index (χ0v) is 7.77. The van der Waals surface area contributed by atoms with Crippen LogP contribution in [0.4, 0.5) is 5.82 Å². The van der Waals surface area contributed by atoms with Crippen LogP contribution in [0.3, 0.4) is 0 Å². The van der Waals surface area contributed by atoms with E-state index in [0.29, 0.717) is 6.04 Å². The third-order valence-electron chi connectivity index (χ3n) is 2.31. The lowest BCUT2D eigenvalue weighted by atomic mass is 10.3. The van der Waals surface area contributed by atoms with Gasteiger partial charge in [0.1, 0.15) is 5.82 Å². The van der Waals surface area contributed by atoms with E-state index < -0.39 is 0 Å². The molecule has 0 amide bonds. The van der Waals surface area contributed by atoms with Gasteiger partial charge in [-0.2, -0.15) is 0 Å². The summed E-state index contributed by atoms with van der Waals surface area (Å²) < 4.78 is 0. The van der Waals surface area contributed by atoms with Gasteiger partial charge in [0.25, 0.3) is 0 Å². The van der Waals surface area contributed by atoms with Crippen LogP contribution in [0.2, 0.25) is 0 Å². The van der Waals surface area contributed by atoms with Crippen LogP contribution >= 0.6 is 0 Å². The van der Waals surface area contributed by atoms with Crippen molar-refractivity contribution in [1.82, 2.24) is 14.9 Å². The lowest BCUT2D eigenvalue weighted by Crippen LogP contribution is -2.23. The summed E-state index contributed by atoms with van der Waals surface area (Å²) in [5, 5.41) is 3.36. The van der Waals surface area contributed by atoms with Crippen LogP contribution in [-0.2, 0) is 0 Å². The Kier molecular flexibility index (Phi) is 2.40. The van der Waals surface area contributed by atoms with Crippen LogP contribution in [-0.4, -0.2) is 41.0 Å². The van der Waals surface area contributed by atoms with Gasteiger partial charge in [-0.05, 0) is 20.0 Å². The first kappa shape index (κ1) is 8.44. The van der Waals surface area contributed by atoms with Crippen molar-refractivity contribution in [3.8, 4) is 0 Å². The van der Waals surface area contributed by atoms with Gasteiger partial charge in [-0.25, -0.2) is 4.98 Å². The number of aromatic nitrogens is 2. The Bertz CT molecular complexity index is 262. The monoisotopic (exact) mass is 178 g/mol. The maximum absolute atomic E-state index is 4.18. The van der Waals surface area contributed by atoms with Gasteiger partial charge in [0.2, 0.25) is 0 Å². The van der Waals surface area contributed by atoms with Crippen molar-refractivity contribution in [2.75, 3.05) is 25.5 Å². The first-order chi connectivity index (χ1) is 6.34. The summed E-state index contributed by atoms with van der Waals surface area (Å²) in [5.74, 6) is 0.878. The van der Waals surface area contributed by atoms with Crippen molar-refractivity contribution >= 4 is 5.82 Å². The molecule has 70 valence electrons. The van der Waals surface area contributed by atoms with Crippen LogP contribution in [0.25, 0.3) is 0 Å². The zero-order valence-electron chi connectivity index (χ0n) is 7.77. The highest BCUT2D eigenvalue weighted by atomic mass is 15.2. The number of likely N-dealkylation sites (tertiary alicyclic amines) is 1. The molecule has 1 aromatic heterocycles. The Balaban J connectivity index is 1.92. The minimum atomic E-state index is 0.529. The van der Waals surface area contributed by atoms with Crippen molar-refractivity contribution in [2.24, 2.45) is 0 Å². The van der Waals surface area contributed by atoms with Crippen molar-refractivity contribution < 1.29 is 0 Å². The molecule has 1 unspecified atom stereocenters. The minimum Gasteiger partial charge on any atom is -0.365 e. The zero-order chi connectivity index (χ0) is 9.10. The second kappa shape index (κ2) is 3.70. The summed E-state index contributed by atoms with van der Waals surface area (Å²) in [6.45, 7) is 2.26. The molecule has 0 saturated carbocycles. The van der Waals surface area contributed by atoms with E-state index in [2.05, 4.69) is 27.2 Å². The summed E-state index contributed by atoms with van der Waals surface area (Å²) in [6.07, 6.45) is 6.35. The average molecular weight is 178 g/mol. The number of likely N-dealkylation sites (N-methyl/N-ethyl adjacent to an activating group) is 1. The first-order valence-corrected chi connectivity index (χ1v) is 4.56. The highest BCUT2D eigenvalue weighted by molar-refractivity contribution is 5.31. The lowest BCUT2D eigenvalue weighted by molar-refractivity contribution is 0.414. The topological polar surface area (TPSA) is 41.0 Å². The smallest absolute Gasteiger partial charge is 0.144 e. The van der Waals surface area contributed by atoms with Crippen molar-refractivity contribution in [3.05, 3.63) is 18.6 Å². The number of nitrogens with one attached hydrogen (secondary N) is 1. The van der Waals surface area contributed by atoms with E-state index >= 15 is 0 Å². The number of rotatable bonds is 2. The summed E-state index contributed by atoms with van der Waals surface area (Å²) in [4.78, 5) is 10.5. The minimum absolute atomic E-state index is 0.529. The fraction of sp³-hybridized carbons (Fsp3) is 0.556. The van der Waals surface area contributed by atoms with Crippen molar-refractivity contribution in [3.63, 3.8) is 0 Å². The molecule has 4 heteroatoms. The maximum atomic E-state index is 4.18. The van der Waals surface area contributed by atoms with Gasteiger partial charge in [0, 0.05) is 25.0 Å². The Hall–Kier alpha value is -1.16. The van der Waals surface area contributed by atoms with Gasteiger partial charge in [-0.15, -0.1) is 0 Å². The van der Waals surface area contributed by atoms with E-state index in [-0.39, 0.29) is 0 Å². The van der Waals surface area contributed by atoms with Gasteiger partial charge in [0.15, 0.2) is 0 Å². The predicted octanol–water partition coefficient (Wildman–Crippen LogP) is 0.593. The quantitative estimate of drug-likeness (QED) is 0.719. The summed E-state index contributed by atoms with van der Waals surface area (Å²) >= 11 is 0. The molecule has 1 fully saturated rings. The van der Waals surface area contributed by atoms with Gasteiger partial charge < -0.3 is 10.2 Å². The molecule has 0 aliphatic carbocycles. The summed E-state index contributed by atoms with van der Waals surface area (Å²) in [5.41, 5.74) is 0. The van der Waals surface area contributed by atoms with E-state index in [0.717, 1.165) is 18.9 Å². The molecule has 1 aliphatic heterocycles. The van der Waals surface area contributed by atoms with Gasteiger partial charge in [-0.3, -0.25) is 4.98 Å². The Morgan fingerprint density at radius 2 is 2.46 bits per heavy atom. The fourth-order valence-electron chi connectivity index (χ4n) is 1.64. The molecule has 0 bridgehead atoms. The van der Waals surface area contributed by atoms with E-state index in [1.807, 2.05) is 0 Å². The number of hydrogen-bond acceptors (Lipinski definition) is 4. The molecule has 1 aromatic rings. The molecular weight excluding hydrogens is 164 g/mol. The van der Waals surface area contributed by atoms with Gasteiger partial charge in [-0.1, -0.05) is 0 Å². The van der Waals surface area contributed by atoms with E-state index in [9.17, 15) is 0 Å². The molecule has 2 heterocycles. The van der Waals surface area contributed by atoms with Crippen LogP contribution in [0.1, 0.15) is 6.42 Å². The first-order valence-electron chi connectivity index (χ1n) is 4.56. The van der Waals surface area contributed by atoms with Crippen LogP contribution in [0.15, 0.2) is 18.6 Å². The molecule has 1 N–H and O–H groups in total. The summed E-state index contributed by atoms with van der Waals surface area (Å²) in [6, 6.07) is 0.529. The van der Waals surface area contributed by atoms with E-state index in [1.165, 1.54) is 6.42 Å². The van der Waals surface area contributed by atoms with Crippen LogP contribution < -0.4 is 5.32 Å². The highest BCUT2D eigenvalue weighted by Gasteiger charge is 2.18. The van der Waals surface area contributed by atoms with E-state index in [1.54, 1.807) is 18.6 Å². The normalized spacial score (nSPS) is 23.3. The van der Waals surface area contributed by atoms with Gasteiger partial charge in [0.05, 0.1) is 6.20 Å². The third kappa shape index (κ3) is 2.15. The molecule has 1 aliphatic rings. The van der Waals surface area contributed by atoms with Crippen LogP contribution in [0.5, 0.6) is 0 Å². The SMILES string of the molecule is CN1CCC(Nc2cnccn2)C1. The molecule has 4 nitrogen and oxygen atoms in total. The lowest BCUT2D eigenvalue weighted by Gasteiger charge is -2.12. The van der Waals surface area contributed by atoms with Gasteiger partial charge >= 0.3 is 0 Å². The molecular formula is C9H14N4. The molecule has 0 spiro atoms. The molecule has 0 aromatic carbocycles. The van der Waals surface area contributed by atoms with Crippen molar-refractivity contribution in [1.29, 1.82) is 0 Å². The Morgan fingerprint density at radius 1 is 1.54 bits per heavy atom. The molecule has 13 heavy (non-hydrogen) atoms. The highest BCUT2D eigenvalue weighted by Crippen LogP contribution is 2.11. The molecule has 2 rings (SSSR count). The number of hydrogen-bond donors (Lipinski definition) is 1. The van der Waals surface area contributed by atoms with Crippen molar-refractivity contribution in [2.45, 2.75) is 12.5 Å². The van der Waals surface area contributed by atoms with E-state index in [4.69, 9.17) is 0 Å². The van der Waals surface area contributed by atoms with Crippen LogP contribution in [0, 0.1) is 0 Å².